The SMILES string of the molecule is O=C(O)[C@]1(O[C@@H]2C[C@@](O)(C(=O)O)O[C@H]([C@@H](CO)O[C@@]3(C(=O)O)C[C@@H](O)[C@@H](O)[C@@H]([C@H](O)CO)O3)[C@@H]2O)C[C@@H](O)[C@@H](O)[C@@H]([C@H](O)CO)O1. The van der Waals surface area contributed by atoms with Gasteiger partial charge in [0.15, 0.2) is 0 Å². The van der Waals surface area contributed by atoms with Crippen LogP contribution in [-0.4, -0.2) is 200 Å². The van der Waals surface area contributed by atoms with Gasteiger partial charge in [0.05, 0.1) is 38.1 Å². The molecule has 3 aliphatic heterocycles. The molecular formula is C24H38O22. The summed E-state index contributed by atoms with van der Waals surface area (Å²) >= 11 is 0. The van der Waals surface area contributed by atoms with Crippen molar-refractivity contribution in [2.75, 3.05) is 19.8 Å². The molecule has 3 aliphatic rings. The van der Waals surface area contributed by atoms with E-state index in [1.807, 2.05) is 0 Å². The van der Waals surface area contributed by atoms with Crippen LogP contribution in [0.4, 0.5) is 0 Å². The predicted octanol–water partition coefficient (Wildman–Crippen LogP) is -8.04. The van der Waals surface area contributed by atoms with E-state index in [1.54, 1.807) is 0 Å². The van der Waals surface area contributed by atoms with Crippen molar-refractivity contribution >= 4 is 17.9 Å². The maximum absolute atomic E-state index is 12.4. The van der Waals surface area contributed by atoms with Gasteiger partial charge in [-0.15, -0.1) is 0 Å². The molecule has 0 spiro atoms. The van der Waals surface area contributed by atoms with E-state index in [2.05, 4.69) is 0 Å². The molecule has 0 unspecified atom stereocenters. The molecule has 0 aliphatic carbocycles. The first-order valence-corrected chi connectivity index (χ1v) is 13.7. The summed E-state index contributed by atoms with van der Waals surface area (Å²) in [5, 5.41) is 141. The molecule has 0 bridgehead atoms. The third-order valence-electron chi connectivity index (χ3n) is 7.95. The topological polar surface area (TPSA) is 381 Å². The Morgan fingerprint density at radius 1 is 0.652 bits per heavy atom. The standard InChI is InChI=1S/C24H38O22/c25-4-9(30)16-13(32)7(28)1-23(45-16,20(37)38)42-11-3-22(41,19(35)36)44-18(15(11)34)12(6-27)43-24(21(39)40)2-8(29)14(33)17(46-24)10(31)5-26/h7-18,25-34,41H,1-6H2,(H,35,36)(H,37,38)(H,39,40)/t7-,8-,9-,10-,11-,12-,13-,14-,15-,16-,17-,18-,22+,23+,24+/m1/s1. The van der Waals surface area contributed by atoms with Gasteiger partial charge in [-0.05, 0) is 0 Å². The molecule has 3 heterocycles. The summed E-state index contributed by atoms with van der Waals surface area (Å²) in [5.41, 5.74) is 0. The van der Waals surface area contributed by atoms with Crippen LogP contribution in [0.2, 0.25) is 0 Å². The lowest BCUT2D eigenvalue weighted by atomic mass is 9.89. The molecule has 0 aromatic rings. The summed E-state index contributed by atoms with van der Waals surface area (Å²) < 4.78 is 26.3. The smallest absolute Gasteiger partial charge is 0.364 e. The van der Waals surface area contributed by atoms with E-state index >= 15 is 0 Å². The Kier molecular flexibility index (Phi) is 12.0. The number of hydrogen-bond donors (Lipinski definition) is 14. The van der Waals surface area contributed by atoms with Crippen LogP contribution in [-0.2, 0) is 38.1 Å². The highest BCUT2D eigenvalue weighted by Gasteiger charge is 2.62. The van der Waals surface area contributed by atoms with Crippen LogP contribution in [0.1, 0.15) is 19.3 Å². The van der Waals surface area contributed by atoms with Crippen LogP contribution in [0.15, 0.2) is 0 Å². The number of hydrogen-bond acceptors (Lipinski definition) is 19. The third-order valence-corrected chi connectivity index (χ3v) is 7.95. The number of aliphatic carboxylic acids is 3. The molecule has 0 aromatic heterocycles. The van der Waals surface area contributed by atoms with E-state index in [4.69, 9.17) is 23.7 Å². The summed E-state index contributed by atoms with van der Waals surface area (Å²) in [6, 6.07) is 0. The first kappa shape index (κ1) is 38.2. The number of carboxylic acid groups (broad SMARTS) is 3. The van der Waals surface area contributed by atoms with Crippen molar-refractivity contribution in [1.29, 1.82) is 0 Å². The van der Waals surface area contributed by atoms with Gasteiger partial charge < -0.3 is 95.2 Å². The molecule has 3 rings (SSSR count). The molecule has 0 amide bonds. The molecule has 0 radical (unpaired) electrons. The van der Waals surface area contributed by atoms with Gasteiger partial charge >= 0.3 is 17.9 Å². The van der Waals surface area contributed by atoms with Gasteiger partial charge in [-0.2, -0.15) is 0 Å². The Labute approximate surface area is 257 Å². The fourth-order valence-corrected chi connectivity index (χ4v) is 5.44. The summed E-state index contributed by atoms with van der Waals surface area (Å²) in [6.07, 6.45) is -28.7. The minimum atomic E-state index is -3.39. The lowest BCUT2D eigenvalue weighted by molar-refractivity contribution is -0.383. The largest absolute Gasteiger partial charge is 0.477 e. The van der Waals surface area contributed by atoms with Crippen molar-refractivity contribution in [2.24, 2.45) is 0 Å². The van der Waals surface area contributed by atoms with E-state index in [-0.39, 0.29) is 0 Å². The summed E-state index contributed by atoms with van der Waals surface area (Å²) in [4.78, 5) is 36.7. The zero-order valence-corrected chi connectivity index (χ0v) is 23.7. The zero-order chi connectivity index (χ0) is 34.9. The summed E-state index contributed by atoms with van der Waals surface area (Å²) in [5.74, 6) is -15.9. The molecule has 266 valence electrons. The first-order chi connectivity index (χ1) is 21.3. The van der Waals surface area contributed by atoms with Crippen molar-refractivity contribution in [3.63, 3.8) is 0 Å². The van der Waals surface area contributed by atoms with Crippen LogP contribution in [0.3, 0.4) is 0 Å². The fraction of sp³-hybridized carbons (Fsp3) is 0.875. The molecule has 22 heteroatoms. The van der Waals surface area contributed by atoms with Crippen LogP contribution in [0.25, 0.3) is 0 Å². The van der Waals surface area contributed by atoms with E-state index in [0.717, 1.165) is 0 Å². The Morgan fingerprint density at radius 3 is 1.52 bits per heavy atom. The molecule has 3 fully saturated rings. The van der Waals surface area contributed by atoms with Gasteiger partial charge in [0, 0.05) is 19.3 Å². The Hall–Kier alpha value is -2.23. The van der Waals surface area contributed by atoms with Gasteiger partial charge in [0.1, 0.15) is 54.9 Å². The number of carbonyl (C=O) groups is 3. The zero-order valence-electron chi connectivity index (χ0n) is 23.7. The molecular weight excluding hydrogens is 640 g/mol. The van der Waals surface area contributed by atoms with Gasteiger partial charge in [0.2, 0.25) is 0 Å². The van der Waals surface area contributed by atoms with Crippen molar-refractivity contribution in [1.82, 2.24) is 0 Å². The maximum Gasteiger partial charge on any atom is 0.364 e. The maximum atomic E-state index is 12.4. The van der Waals surface area contributed by atoms with Gasteiger partial charge in [-0.25, -0.2) is 14.4 Å². The molecule has 15 atom stereocenters. The van der Waals surface area contributed by atoms with Crippen LogP contribution >= 0.6 is 0 Å². The lowest BCUT2D eigenvalue weighted by Gasteiger charge is -2.50. The summed E-state index contributed by atoms with van der Waals surface area (Å²) in [6.45, 7) is -3.57. The second-order valence-corrected chi connectivity index (χ2v) is 11.2. The average Bonchev–Trinajstić information content (AvgIpc) is 3.00. The fourth-order valence-electron chi connectivity index (χ4n) is 5.44. The van der Waals surface area contributed by atoms with Crippen molar-refractivity contribution in [2.45, 2.75) is 110 Å². The Morgan fingerprint density at radius 2 is 1.11 bits per heavy atom. The van der Waals surface area contributed by atoms with E-state index in [9.17, 15) is 85.9 Å². The second-order valence-electron chi connectivity index (χ2n) is 11.2. The van der Waals surface area contributed by atoms with Crippen molar-refractivity contribution in [3.8, 4) is 0 Å². The molecule has 3 saturated heterocycles. The van der Waals surface area contributed by atoms with Gasteiger partial charge in [-0.1, -0.05) is 0 Å². The normalized spacial score (nSPS) is 43.8. The lowest BCUT2D eigenvalue weighted by Crippen LogP contribution is -2.69. The average molecular weight is 679 g/mol. The third kappa shape index (κ3) is 7.26. The van der Waals surface area contributed by atoms with Crippen LogP contribution in [0, 0.1) is 0 Å². The molecule has 22 nitrogen and oxygen atoms in total. The second kappa shape index (κ2) is 14.5. The Bertz CT molecular complexity index is 1090. The molecule has 46 heavy (non-hydrogen) atoms. The van der Waals surface area contributed by atoms with Crippen LogP contribution in [0.5, 0.6) is 0 Å². The Balaban J connectivity index is 2.02. The predicted molar refractivity (Wildman–Crippen MR) is 135 cm³/mol. The number of ether oxygens (including phenoxy) is 5. The van der Waals surface area contributed by atoms with Gasteiger partial charge in [-0.3, -0.25) is 0 Å². The van der Waals surface area contributed by atoms with E-state index in [0.29, 0.717) is 0 Å². The number of aliphatic hydroxyl groups excluding tert-OH is 10. The molecule has 14 N–H and O–H groups in total. The molecule has 0 aromatic carbocycles. The minimum absolute atomic E-state index is 1.10. The van der Waals surface area contributed by atoms with Crippen LogP contribution < -0.4 is 0 Å². The number of aliphatic hydroxyl groups is 11. The summed E-state index contributed by atoms with van der Waals surface area (Å²) in [7, 11) is 0. The van der Waals surface area contributed by atoms with Crippen molar-refractivity contribution < 1.29 is 110 Å². The highest BCUT2D eigenvalue weighted by atomic mass is 16.8. The molecule has 0 saturated carbocycles. The number of rotatable bonds is 13. The monoisotopic (exact) mass is 678 g/mol. The quantitative estimate of drug-likeness (QED) is 0.0859. The minimum Gasteiger partial charge on any atom is -0.477 e. The number of carboxylic acids is 3. The van der Waals surface area contributed by atoms with E-state index in [1.165, 1.54) is 0 Å². The van der Waals surface area contributed by atoms with Crippen molar-refractivity contribution in [3.05, 3.63) is 0 Å². The van der Waals surface area contributed by atoms with E-state index < -0.39 is 148 Å². The van der Waals surface area contributed by atoms with Gasteiger partial charge in [0.25, 0.3) is 17.4 Å². The first-order valence-electron chi connectivity index (χ1n) is 13.7. The highest BCUT2D eigenvalue weighted by molar-refractivity contribution is 5.77. The highest BCUT2D eigenvalue weighted by Crippen LogP contribution is 2.41.